The Hall–Kier alpha value is -2.93. The van der Waals surface area contributed by atoms with E-state index in [1.54, 1.807) is 30.3 Å². The van der Waals surface area contributed by atoms with E-state index in [9.17, 15) is 9.59 Å². The van der Waals surface area contributed by atoms with Gasteiger partial charge in [0.15, 0.2) is 5.11 Å². The van der Waals surface area contributed by atoms with Crippen LogP contribution in [0.3, 0.4) is 0 Å². The number of hydrogen-bond acceptors (Lipinski definition) is 5. The van der Waals surface area contributed by atoms with Crippen molar-refractivity contribution in [2.45, 2.75) is 13.3 Å². The molecule has 2 aromatic rings. The second kappa shape index (κ2) is 9.53. The molecule has 1 amide bonds. The first-order chi connectivity index (χ1) is 12.5. The molecule has 0 saturated heterocycles. The minimum Gasteiger partial charge on any atom is -0.494 e. The van der Waals surface area contributed by atoms with E-state index in [-0.39, 0.29) is 5.11 Å². The van der Waals surface area contributed by atoms with Gasteiger partial charge in [-0.05, 0) is 61.1 Å². The second-order valence-electron chi connectivity index (χ2n) is 5.35. The summed E-state index contributed by atoms with van der Waals surface area (Å²) in [5.74, 6) is -0.158. The number of thiocarbonyl (C=S) groups is 1. The molecule has 0 fully saturated rings. The van der Waals surface area contributed by atoms with E-state index in [0.717, 1.165) is 17.9 Å². The minimum atomic E-state index is -0.509. The fourth-order valence-corrected chi connectivity index (χ4v) is 2.31. The molecule has 0 aliphatic carbocycles. The Balaban J connectivity index is 1.95. The predicted octanol–water partition coefficient (Wildman–Crippen LogP) is 3.39. The normalized spacial score (nSPS) is 9.92. The quantitative estimate of drug-likeness (QED) is 0.598. The van der Waals surface area contributed by atoms with Gasteiger partial charge in [0.1, 0.15) is 5.75 Å². The van der Waals surface area contributed by atoms with Crippen LogP contribution in [0.15, 0.2) is 48.5 Å². The van der Waals surface area contributed by atoms with Crippen molar-refractivity contribution in [1.29, 1.82) is 0 Å². The van der Waals surface area contributed by atoms with E-state index >= 15 is 0 Å². The first-order valence-electron chi connectivity index (χ1n) is 8.07. The molecule has 136 valence electrons. The van der Waals surface area contributed by atoms with Gasteiger partial charge in [0.2, 0.25) is 0 Å². The molecule has 0 radical (unpaired) electrons. The Kier molecular flexibility index (Phi) is 7.11. The fraction of sp³-hybridized carbons (Fsp3) is 0.211. The van der Waals surface area contributed by atoms with Crippen molar-refractivity contribution < 1.29 is 19.1 Å². The van der Waals surface area contributed by atoms with Gasteiger partial charge in [0, 0.05) is 11.3 Å². The van der Waals surface area contributed by atoms with Crippen molar-refractivity contribution in [3.63, 3.8) is 0 Å². The van der Waals surface area contributed by atoms with Crippen LogP contribution in [0.25, 0.3) is 0 Å². The lowest BCUT2D eigenvalue weighted by atomic mass is 10.1. The summed E-state index contributed by atoms with van der Waals surface area (Å²) in [5, 5.41) is 5.66. The summed E-state index contributed by atoms with van der Waals surface area (Å²) < 4.78 is 10.2. The summed E-state index contributed by atoms with van der Waals surface area (Å²) >= 11 is 5.16. The number of carbonyl (C=O) groups is 2. The summed E-state index contributed by atoms with van der Waals surface area (Å²) in [5.41, 5.74) is 1.32. The van der Waals surface area contributed by atoms with E-state index < -0.39 is 11.9 Å². The van der Waals surface area contributed by atoms with Gasteiger partial charge in [-0.3, -0.25) is 10.1 Å². The molecule has 6 nitrogen and oxygen atoms in total. The highest BCUT2D eigenvalue weighted by atomic mass is 32.1. The zero-order valence-corrected chi connectivity index (χ0v) is 15.4. The van der Waals surface area contributed by atoms with Crippen molar-refractivity contribution in [1.82, 2.24) is 5.32 Å². The summed E-state index contributed by atoms with van der Waals surface area (Å²) in [6.45, 7) is 2.70. The number of rotatable bonds is 6. The smallest absolute Gasteiger partial charge is 0.337 e. The molecule has 0 atom stereocenters. The Morgan fingerprint density at radius 3 is 2.42 bits per heavy atom. The van der Waals surface area contributed by atoms with Crippen molar-refractivity contribution in [2.24, 2.45) is 0 Å². The van der Waals surface area contributed by atoms with Gasteiger partial charge in [0.25, 0.3) is 5.91 Å². The summed E-state index contributed by atoms with van der Waals surface area (Å²) in [6.07, 6.45) is 0.938. The van der Waals surface area contributed by atoms with Crippen molar-refractivity contribution >= 4 is 34.9 Å². The standard InChI is InChI=1S/C19H20N2O4S/c1-3-11-25-16-9-7-15(8-10-16)20-19(26)21-17(22)13-5-4-6-14(12-13)18(23)24-2/h4-10,12H,3,11H2,1-2H3,(H2,20,21,22,26). The van der Waals surface area contributed by atoms with Crippen LogP contribution in [0.2, 0.25) is 0 Å². The number of ether oxygens (including phenoxy) is 2. The van der Waals surface area contributed by atoms with Gasteiger partial charge in [-0.15, -0.1) is 0 Å². The number of methoxy groups -OCH3 is 1. The Morgan fingerprint density at radius 2 is 1.77 bits per heavy atom. The highest BCUT2D eigenvalue weighted by Gasteiger charge is 2.12. The fourth-order valence-electron chi connectivity index (χ4n) is 2.10. The molecule has 0 bridgehead atoms. The maximum absolute atomic E-state index is 12.3. The first-order valence-corrected chi connectivity index (χ1v) is 8.48. The molecule has 0 spiro atoms. The highest BCUT2D eigenvalue weighted by molar-refractivity contribution is 7.80. The number of amides is 1. The SMILES string of the molecule is CCCOc1ccc(NC(=S)NC(=O)c2cccc(C(=O)OC)c2)cc1. The predicted molar refractivity (Wildman–Crippen MR) is 104 cm³/mol. The lowest BCUT2D eigenvalue weighted by Gasteiger charge is -2.11. The lowest BCUT2D eigenvalue weighted by molar-refractivity contribution is 0.0600. The monoisotopic (exact) mass is 372 g/mol. The largest absolute Gasteiger partial charge is 0.494 e. The van der Waals surface area contributed by atoms with E-state index in [1.165, 1.54) is 13.2 Å². The third-order valence-electron chi connectivity index (χ3n) is 3.36. The number of carbonyl (C=O) groups excluding carboxylic acids is 2. The van der Waals surface area contributed by atoms with E-state index in [1.807, 2.05) is 19.1 Å². The van der Waals surface area contributed by atoms with Crippen molar-refractivity contribution in [3.8, 4) is 5.75 Å². The molecule has 0 aromatic heterocycles. The third-order valence-corrected chi connectivity index (χ3v) is 3.56. The molecule has 0 aliphatic rings. The number of anilines is 1. The molecule has 2 N–H and O–H groups in total. The summed E-state index contributed by atoms with van der Waals surface area (Å²) in [7, 11) is 1.28. The van der Waals surface area contributed by atoms with Gasteiger partial charge >= 0.3 is 5.97 Å². The molecular formula is C19H20N2O4S. The van der Waals surface area contributed by atoms with Crippen LogP contribution in [-0.2, 0) is 4.74 Å². The highest BCUT2D eigenvalue weighted by Crippen LogP contribution is 2.16. The number of hydrogen-bond donors (Lipinski definition) is 2. The molecule has 7 heteroatoms. The van der Waals surface area contributed by atoms with Gasteiger partial charge in [-0.25, -0.2) is 4.79 Å². The lowest BCUT2D eigenvalue weighted by Crippen LogP contribution is -2.34. The van der Waals surface area contributed by atoms with E-state index in [0.29, 0.717) is 17.7 Å². The number of nitrogens with one attached hydrogen (secondary N) is 2. The van der Waals surface area contributed by atoms with Crippen LogP contribution < -0.4 is 15.4 Å². The van der Waals surface area contributed by atoms with Gasteiger partial charge in [0.05, 0.1) is 19.3 Å². The number of benzene rings is 2. The number of esters is 1. The minimum absolute atomic E-state index is 0.153. The molecule has 0 heterocycles. The molecule has 2 rings (SSSR count). The average molecular weight is 372 g/mol. The Labute approximate surface area is 157 Å². The van der Waals surface area contributed by atoms with Crippen molar-refractivity contribution in [3.05, 3.63) is 59.7 Å². The van der Waals surface area contributed by atoms with Crippen LogP contribution in [0.5, 0.6) is 5.75 Å². The van der Waals surface area contributed by atoms with Crippen LogP contribution in [0.1, 0.15) is 34.1 Å². The van der Waals surface area contributed by atoms with E-state index in [2.05, 4.69) is 15.4 Å². The maximum Gasteiger partial charge on any atom is 0.337 e. The van der Waals surface area contributed by atoms with E-state index in [4.69, 9.17) is 17.0 Å². The van der Waals surface area contributed by atoms with Crippen LogP contribution in [0.4, 0.5) is 5.69 Å². The van der Waals surface area contributed by atoms with Crippen molar-refractivity contribution in [2.75, 3.05) is 19.0 Å². The zero-order chi connectivity index (χ0) is 18.9. The second-order valence-corrected chi connectivity index (χ2v) is 5.76. The first kappa shape index (κ1) is 19.4. The van der Waals surface area contributed by atoms with Crippen LogP contribution in [0, 0.1) is 0 Å². The zero-order valence-electron chi connectivity index (χ0n) is 14.6. The van der Waals surface area contributed by atoms with Gasteiger partial charge < -0.3 is 14.8 Å². The molecule has 2 aromatic carbocycles. The maximum atomic E-state index is 12.3. The summed E-state index contributed by atoms with van der Waals surface area (Å²) in [6, 6.07) is 13.5. The molecule has 0 aliphatic heterocycles. The van der Waals surface area contributed by atoms with Gasteiger partial charge in [-0.2, -0.15) is 0 Å². The summed E-state index contributed by atoms with van der Waals surface area (Å²) in [4.78, 5) is 23.8. The molecule has 0 saturated carbocycles. The van der Waals surface area contributed by atoms with Gasteiger partial charge in [-0.1, -0.05) is 13.0 Å². The Morgan fingerprint density at radius 1 is 1.08 bits per heavy atom. The third kappa shape index (κ3) is 5.56. The molecular weight excluding hydrogens is 352 g/mol. The average Bonchev–Trinajstić information content (AvgIpc) is 2.66. The Bertz CT molecular complexity index is 790. The topological polar surface area (TPSA) is 76.7 Å². The molecule has 0 unspecified atom stereocenters. The molecule has 26 heavy (non-hydrogen) atoms. The van der Waals surface area contributed by atoms with Crippen LogP contribution >= 0.6 is 12.2 Å². The van der Waals surface area contributed by atoms with Crippen LogP contribution in [-0.4, -0.2) is 30.7 Å².